The maximum Gasteiger partial charge on any atom is 0.167 e. The van der Waals surface area contributed by atoms with E-state index in [9.17, 15) is 4.79 Å². The lowest BCUT2D eigenvalue weighted by Gasteiger charge is -2.36. The highest BCUT2D eigenvalue weighted by Crippen LogP contribution is 2.32. The van der Waals surface area contributed by atoms with Crippen molar-refractivity contribution in [3.8, 4) is 0 Å². The van der Waals surface area contributed by atoms with Crippen molar-refractivity contribution in [1.82, 2.24) is 0 Å². The monoisotopic (exact) mass is 240 g/mol. The average molecular weight is 240 g/mol. The Kier molecular flexibility index (Phi) is 4.13. The Morgan fingerprint density at radius 1 is 1.31 bits per heavy atom. The zero-order valence-electron chi connectivity index (χ0n) is 11.2. The summed E-state index contributed by atoms with van der Waals surface area (Å²) in [6.45, 7) is 11.0. The minimum absolute atomic E-state index is 0.114. The molecule has 0 heterocycles. The number of hydrogen-bond acceptors (Lipinski definition) is 2. The van der Waals surface area contributed by atoms with Crippen LogP contribution in [0.2, 0.25) is 5.04 Å². The summed E-state index contributed by atoms with van der Waals surface area (Å²) in [7, 11) is -0.531. The molecule has 1 rings (SSSR count). The van der Waals surface area contributed by atoms with Gasteiger partial charge in [0.25, 0.3) is 0 Å². The molecule has 0 aromatic carbocycles. The molecule has 0 fully saturated rings. The molecule has 3 heteroatoms. The van der Waals surface area contributed by atoms with Crippen molar-refractivity contribution in [2.45, 2.75) is 58.1 Å². The van der Waals surface area contributed by atoms with Gasteiger partial charge in [0.2, 0.25) is 0 Å². The molecular weight excluding hydrogens is 216 g/mol. The van der Waals surface area contributed by atoms with E-state index in [4.69, 9.17) is 4.43 Å². The predicted octanol–water partition coefficient (Wildman–Crippen LogP) is 2.62. The summed E-state index contributed by atoms with van der Waals surface area (Å²) in [5.74, 6) is 0.639. The number of hydrogen-bond donors (Lipinski definition) is 0. The summed E-state index contributed by atoms with van der Waals surface area (Å²) >= 11 is 0. The van der Waals surface area contributed by atoms with E-state index in [-0.39, 0.29) is 11.4 Å². The van der Waals surface area contributed by atoms with Crippen LogP contribution in [0.4, 0.5) is 0 Å². The number of allylic oxidation sites excluding steroid dienone is 1. The summed E-state index contributed by atoms with van der Waals surface area (Å²) in [6.07, 6.45) is 5.35. The quantitative estimate of drug-likeness (QED) is 0.709. The molecule has 0 bridgehead atoms. The predicted molar refractivity (Wildman–Crippen MR) is 70.3 cm³/mol. The molecule has 1 unspecified atom stereocenters. The maximum absolute atomic E-state index is 11.1. The van der Waals surface area contributed by atoms with Crippen LogP contribution in [0, 0.1) is 5.92 Å². The Morgan fingerprint density at radius 3 is 2.38 bits per heavy atom. The molecule has 0 saturated carbocycles. The number of ketones is 1. The van der Waals surface area contributed by atoms with Crippen molar-refractivity contribution in [1.29, 1.82) is 0 Å². The lowest BCUT2D eigenvalue weighted by Crippen LogP contribution is -2.38. The Hall–Kier alpha value is -0.413. The molecule has 0 aromatic heterocycles. The third-order valence-electron chi connectivity index (χ3n) is 2.99. The Labute approximate surface area is 101 Å². The van der Waals surface area contributed by atoms with E-state index in [1.54, 1.807) is 6.08 Å². The molecule has 1 aliphatic rings. The molecule has 0 saturated heterocycles. The fourth-order valence-corrected chi connectivity index (χ4v) is 2.81. The summed E-state index contributed by atoms with van der Waals surface area (Å²) in [4.78, 5) is 11.1. The van der Waals surface area contributed by atoms with Gasteiger partial charge in [-0.05, 0) is 31.4 Å². The second-order valence-electron chi connectivity index (χ2n) is 6.42. The summed E-state index contributed by atoms with van der Waals surface area (Å²) in [5.41, 5.74) is -0.114. The maximum atomic E-state index is 11.1. The van der Waals surface area contributed by atoms with Gasteiger partial charge in [0.1, 0.15) is 0 Å². The minimum atomic E-state index is -0.531. The van der Waals surface area contributed by atoms with E-state index in [1.807, 2.05) is 6.08 Å². The van der Waals surface area contributed by atoms with Crippen LogP contribution in [0.5, 0.6) is 0 Å². The smallest absolute Gasteiger partial charge is 0.167 e. The highest BCUT2D eigenvalue weighted by atomic mass is 28.2. The van der Waals surface area contributed by atoms with E-state index in [2.05, 4.69) is 34.6 Å². The normalized spacial score (nSPS) is 23.3. The van der Waals surface area contributed by atoms with E-state index in [0.29, 0.717) is 17.4 Å². The topological polar surface area (TPSA) is 26.3 Å². The van der Waals surface area contributed by atoms with Gasteiger partial charge in [-0.3, -0.25) is 4.79 Å². The van der Waals surface area contributed by atoms with Crippen molar-refractivity contribution < 1.29 is 9.22 Å². The standard InChI is InChI=1S/C13H24O2Si/c1-12(2,3)16-15-13(4,5)10-6-8-11(14)9-7-10/h6,8,10H,7,9,16H2,1-5H3. The number of rotatable bonds is 3. The van der Waals surface area contributed by atoms with Crippen LogP contribution in [0.1, 0.15) is 47.5 Å². The molecular formula is C13H24O2Si. The van der Waals surface area contributed by atoms with Gasteiger partial charge in [-0.15, -0.1) is 0 Å². The van der Waals surface area contributed by atoms with Crippen LogP contribution in [0.3, 0.4) is 0 Å². The van der Waals surface area contributed by atoms with E-state index in [0.717, 1.165) is 6.42 Å². The lowest BCUT2D eigenvalue weighted by atomic mass is 9.83. The molecule has 0 spiro atoms. The van der Waals surface area contributed by atoms with Crippen LogP contribution in [0.15, 0.2) is 12.2 Å². The van der Waals surface area contributed by atoms with Crippen molar-refractivity contribution in [2.24, 2.45) is 5.92 Å². The highest BCUT2D eigenvalue weighted by Gasteiger charge is 2.31. The summed E-state index contributed by atoms with van der Waals surface area (Å²) < 4.78 is 6.14. The highest BCUT2D eigenvalue weighted by molar-refractivity contribution is 6.31. The van der Waals surface area contributed by atoms with Crippen molar-refractivity contribution >= 4 is 15.5 Å². The minimum Gasteiger partial charge on any atom is -0.418 e. The molecule has 2 nitrogen and oxygen atoms in total. The summed E-state index contributed by atoms with van der Waals surface area (Å²) in [6, 6.07) is 0. The van der Waals surface area contributed by atoms with Gasteiger partial charge in [0, 0.05) is 12.3 Å². The van der Waals surface area contributed by atoms with Gasteiger partial charge in [-0.1, -0.05) is 26.8 Å². The van der Waals surface area contributed by atoms with Crippen LogP contribution in [-0.4, -0.2) is 21.1 Å². The third kappa shape index (κ3) is 4.22. The van der Waals surface area contributed by atoms with Gasteiger partial charge in [-0.25, -0.2) is 0 Å². The van der Waals surface area contributed by atoms with Crippen LogP contribution in [0.25, 0.3) is 0 Å². The third-order valence-corrected chi connectivity index (χ3v) is 4.74. The summed E-state index contributed by atoms with van der Waals surface area (Å²) in [5, 5.41) is 0.325. The fraction of sp³-hybridized carbons (Fsp3) is 0.769. The average Bonchev–Trinajstić information content (AvgIpc) is 2.15. The first-order valence-corrected chi connectivity index (χ1v) is 7.34. The van der Waals surface area contributed by atoms with Gasteiger partial charge in [-0.2, -0.15) is 0 Å². The molecule has 0 aliphatic heterocycles. The molecule has 0 aromatic rings. The van der Waals surface area contributed by atoms with Gasteiger partial charge in [0.15, 0.2) is 15.5 Å². The molecule has 0 radical (unpaired) electrons. The Balaban J connectivity index is 2.57. The van der Waals surface area contributed by atoms with Crippen LogP contribution < -0.4 is 0 Å². The molecule has 0 N–H and O–H groups in total. The molecule has 92 valence electrons. The van der Waals surface area contributed by atoms with Crippen LogP contribution in [-0.2, 0) is 9.22 Å². The van der Waals surface area contributed by atoms with E-state index >= 15 is 0 Å². The SMILES string of the molecule is CC(C)(C)[SiH2]OC(C)(C)C1C=CC(=O)CC1. The molecule has 1 aliphatic carbocycles. The first-order valence-electron chi connectivity index (χ1n) is 6.06. The second kappa shape index (κ2) is 4.84. The van der Waals surface area contributed by atoms with Gasteiger partial charge < -0.3 is 4.43 Å². The van der Waals surface area contributed by atoms with Crippen LogP contribution >= 0.6 is 0 Å². The fourth-order valence-electron chi connectivity index (χ4n) is 1.79. The zero-order valence-corrected chi connectivity index (χ0v) is 12.6. The first-order chi connectivity index (χ1) is 7.21. The van der Waals surface area contributed by atoms with Crippen molar-refractivity contribution in [3.63, 3.8) is 0 Å². The zero-order chi connectivity index (χ0) is 12.4. The van der Waals surface area contributed by atoms with Crippen molar-refractivity contribution in [3.05, 3.63) is 12.2 Å². The molecule has 16 heavy (non-hydrogen) atoms. The van der Waals surface area contributed by atoms with Gasteiger partial charge >= 0.3 is 0 Å². The van der Waals surface area contributed by atoms with Crippen molar-refractivity contribution in [2.75, 3.05) is 0 Å². The number of carbonyl (C=O) groups is 1. The van der Waals surface area contributed by atoms with Gasteiger partial charge in [0.05, 0.1) is 5.60 Å². The van der Waals surface area contributed by atoms with E-state index in [1.165, 1.54) is 0 Å². The molecule has 0 amide bonds. The second-order valence-corrected chi connectivity index (χ2v) is 9.12. The largest absolute Gasteiger partial charge is 0.418 e. The number of carbonyl (C=O) groups excluding carboxylic acids is 1. The Bertz CT molecular complexity index is 287. The first kappa shape index (κ1) is 13.7. The lowest BCUT2D eigenvalue weighted by molar-refractivity contribution is -0.115. The Morgan fingerprint density at radius 2 is 1.94 bits per heavy atom. The molecule has 1 atom stereocenters. The van der Waals surface area contributed by atoms with E-state index < -0.39 is 9.76 Å².